The van der Waals surface area contributed by atoms with Gasteiger partial charge >= 0.3 is 0 Å². The highest BCUT2D eigenvalue weighted by Crippen LogP contribution is 2.28. The molecule has 6 heteroatoms. The van der Waals surface area contributed by atoms with Gasteiger partial charge in [-0.05, 0) is 66.1 Å². The van der Waals surface area contributed by atoms with E-state index in [4.69, 9.17) is 14.2 Å². The summed E-state index contributed by atoms with van der Waals surface area (Å²) in [6, 6.07) is 27.1. The SMILES string of the molecule is CCOc1ccc(C(=O)N/N=C/c2cccc(OCc3cccc4ccccc34)c2)cc1OCC. The van der Waals surface area contributed by atoms with Crippen LogP contribution in [0.15, 0.2) is 90.0 Å². The Morgan fingerprint density at radius 3 is 2.46 bits per heavy atom. The Kier molecular flexibility index (Phi) is 7.96. The number of rotatable bonds is 10. The third-order valence-corrected chi connectivity index (χ3v) is 5.32. The van der Waals surface area contributed by atoms with Crippen LogP contribution >= 0.6 is 0 Å². The van der Waals surface area contributed by atoms with Gasteiger partial charge in [0.15, 0.2) is 11.5 Å². The number of benzene rings is 4. The van der Waals surface area contributed by atoms with E-state index in [9.17, 15) is 4.79 Å². The fraction of sp³-hybridized carbons (Fsp3) is 0.172. The molecule has 0 bridgehead atoms. The van der Waals surface area contributed by atoms with E-state index in [-0.39, 0.29) is 5.91 Å². The van der Waals surface area contributed by atoms with E-state index in [1.54, 1.807) is 24.4 Å². The van der Waals surface area contributed by atoms with E-state index in [1.165, 1.54) is 10.8 Å². The number of hydrazone groups is 1. The molecule has 0 atom stereocenters. The summed E-state index contributed by atoms with van der Waals surface area (Å²) in [5.41, 5.74) is 4.92. The van der Waals surface area contributed by atoms with E-state index in [2.05, 4.69) is 34.8 Å². The Morgan fingerprint density at radius 1 is 0.829 bits per heavy atom. The molecule has 0 aliphatic carbocycles. The molecule has 0 saturated carbocycles. The highest BCUT2D eigenvalue weighted by atomic mass is 16.5. The highest BCUT2D eigenvalue weighted by molar-refractivity contribution is 5.95. The maximum absolute atomic E-state index is 12.5. The molecule has 0 fully saturated rings. The van der Waals surface area contributed by atoms with Crippen molar-refractivity contribution < 1.29 is 19.0 Å². The van der Waals surface area contributed by atoms with Crippen molar-refractivity contribution in [3.05, 3.63) is 102 Å². The third kappa shape index (κ3) is 6.18. The molecule has 6 nitrogen and oxygen atoms in total. The third-order valence-electron chi connectivity index (χ3n) is 5.32. The predicted octanol–water partition coefficient (Wildman–Crippen LogP) is 5.98. The number of amides is 1. The fourth-order valence-electron chi connectivity index (χ4n) is 3.69. The number of hydrogen-bond acceptors (Lipinski definition) is 5. The number of hydrogen-bond donors (Lipinski definition) is 1. The van der Waals surface area contributed by atoms with Crippen molar-refractivity contribution in [1.82, 2.24) is 5.43 Å². The Bertz CT molecular complexity index is 1330. The van der Waals surface area contributed by atoms with E-state index in [0.29, 0.717) is 36.9 Å². The van der Waals surface area contributed by atoms with Crippen LogP contribution in [0, 0.1) is 0 Å². The Labute approximate surface area is 205 Å². The minimum absolute atomic E-state index is 0.339. The van der Waals surface area contributed by atoms with Gasteiger partial charge in [0.05, 0.1) is 19.4 Å². The minimum Gasteiger partial charge on any atom is -0.490 e. The summed E-state index contributed by atoms with van der Waals surface area (Å²) in [6.45, 7) is 5.23. The van der Waals surface area contributed by atoms with Gasteiger partial charge < -0.3 is 14.2 Å². The van der Waals surface area contributed by atoms with Gasteiger partial charge in [0, 0.05) is 5.56 Å². The molecule has 0 unspecified atom stereocenters. The van der Waals surface area contributed by atoms with Crippen LogP contribution in [0.5, 0.6) is 17.2 Å². The average molecular weight is 469 g/mol. The Morgan fingerprint density at radius 2 is 1.60 bits per heavy atom. The van der Waals surface area contributed by atoms with E-state index < -0.39 is 0 Å². The lowest BCUT2D eigenvalue weighted by molar-refractivity contribution is 0.0954. The van der Waals surface area contributed by atoms with Gasteiger partial charge in [-0.15, -0.1) is 0 Å². The largest absolute Gasteiger partial charge is 0.490 e. The summed E-state index contributed by atoms with van der Waals surface area (Å²) in [4.78, 5) is 12.5. The van der Waals surface area contributed by atoms with Crippen LogP contribution < -0.4 is 19.6 Å². The normalized spacial score (nSPS) is 10.9. The van der Waals surface area contributed by atoms with Crippen molar-refractivity contribution in [3.8, 4) is 17.2 Å². The fourth-order valence-corrected chi connectivity index (χ4v) is 3.69. The van der Waals surface area contributed by atoms with Crippen molar-refractivity contribution in [2.24, 2.45) is 5.10 Å². The molecule has 4 rings (SSSR count). The molecule has 0 radical (unpaired) electrons. The molecule has 1 amide bonds. The lowest BCUT2D eigenvalue weighted by Crippen LogP contribution is -2.17. The first-order valence-electron chi connectivity index (χ1n) is 11.6. The van der Waals surface area contributed by atoms with E-state index in [1.807, 2.05) is 56.3 Å². The second-order valence-electron chi connectivity index (χ2n) is 7.73. The van der Waals surface area contributed by atoms with Crippen LogP contribution in [0.25, 0.3) is 10.8 Å². The van der Waals surface area contributed by atoms with Gasteiger partial charge in [0.1, 0.15) is 12.4 Å². The topological polar surface area (TPSA) is 69.2 Å². The highest BCUT2D eigenvalue weighted by Gasteiger charge is 2.11. The van der Waals surface area contributed by atoms with Crippen molar-refractivity contribution in [2.45, 2.75) is 20.5 Å². The first-order valence-corrected chi connectivity index (χ1v) is 11.6. The van der Waals surface area contributed by atoms with Crippen LogP contribution in [0.2, 0.25) is 0 Å². The molecule has 0 aliphatic rings. The molecular weight excluding hydrogens is 440 g/mol. The van der Waals surface area contributed by atoms with Gasteiger partial charge in [-0.1, -0.05) is 54.6 Å². The first-order chi connectivity index (χ1) is 17.2. The van der Waals surface area contributed by atoms with Gasteiger partial charge in [0.2, 0.25) is 0 Å². The molecule has 0 spiro atoms. The van der Waals surface area contributed by atoms with Gasteiger partial charge in [-0.2, -0.15) is 5.10 Å². The zero-order valence-corrected chi connectivity index (χ0v) is 19.9. The molecule has 1 N–H and O–H groups in total. The number of ether oxygens (including phenoxy) is 3. The second-order valence-corrected chi connectivity index (χ2v) is 7.73. The summed E-state index contributed by atoms with van der Waals surface area (Å²) in [5, 5.41) is 6.46. The zero-order valence-electron chi connectivity index (χ0n) is 19.9. The van der Waals surface area contributed by atoms with Crippen LogP contribution in [0.3, 0.4) is 0 Å². The number of nitrogens with one attached hydrogen (secondary N) is 1. The van der Waals surface area contributed by atoms with Gasteiger partial charge in [0.25, 0.3) is 5.91 Å². The molecule has 35 heavy (non-hydrogen) atoms. The monoisotopic (exact) mass is 468 g/mol. The predicted molar refractivity (Wildman–Crippen MR) is 139 cm³/mol. The maximum Gasteiger partial charge on any atom is 0.271 e. The maximum atomic E-state index is 12.5. The van der Waals surface area contributed by atoms with Crippen LogP contribution in [0.1, 0.15) is 35.3 Å². The van der Waals surface area contributed by atoms with Crippen LogP contribution in [-0.4, -0.2) is 25.3 Å². The Hall–Kier alpha value is -4.32. The minimum atomic E-state index is -0.339. The van der Waals surface area contributed by atoms with Gasteiger partial charge in [-0.3, -0.25) is 4.79 Å². The lowest BCUT2D eigenvalue weighted by Gasteiger charge is -2.11. The molecule has 178 valence electrons. The van der Waals surface area contributed by atoms with Crippen LogP contribution in [0.4, 0.5) is 0 Å². The van der Waals surface area contributed by atoms with E-state index >= 15 is 0 Å². The smallest absolute Gasteiger partial charge is 0.271 e. The summed E-state index contributed by atoms with van der Waals surface area (Å²) in [6.07, 6.45) is 1.58. The van der Waals surface area contributed by atoms with Crippen molar-refractivity contribution >= 4 is 22.9 Å². The number of carbonyl (C=O) groups excluding carboxylic acids is 1. The summed E-state index contributed by atoms with van der Waals surface area (Å²) >= 11 is 0. The lowest BCUT2D eigenvalue weighted by atomic mass is 10.1. The summed E-state index contributed by atoms with van der Waals surface area (Å²) < 4.78 is 17.2. The van der Waals surface area contributed by atoms with Crippen LogP contribution in [-0.2, 0) is 6.61 Å². The molecule has 4 aromatic carbocycles. The molecule has 0 heterocycles. The molecule has 0 saturated heterocycles. The standard InChI is InChI=1S/C29H28N2O4/c1-3-33-27-16-15-23(18-28(27)34-4-2)29(32)31-30-19-21-9-7-13-25(17-21)35-20-24-12-8-11-22-10-5-6-14-26(22)24/h5-19H,3-4,20H2,1-2H3,(H,31,32)/b30-19+. The average Bonchev–Trinajstić information content (AvgIpc) is 2.89. The van der Waals surface area contributed by atoms with Crippen molar-refractivity contribution in [2.75, 3.05) is 13.2 Å². The van der Waals surface area contributed by atoms with Crippen molar-refractivity contribution in [1.29, 1.82) is 0 Å². The summed E-state index contributed by atoms with van der Waals surface area (Å²) in [7, 11) is 0. The van der Waals surface area contributed by atoms with Gasteiger partial charge in [-0.25, -0.2) is 5.43 Å². The zero-order chi connectivity index (χ0) is 24.5. The first kappa shape index (κ1) is 23.8. The molecular formula is C29H28N2O4. The summed E-state index contributed by atoms with van der Waals surface area (Å²) in [5.74, 6) is 1.52. The number of fused-ring (bicyclic) bond motifs is 1. The number of nitrogens with zero attached hydrogens (tertiary/aromatic N) is 1. The molecule has 0 aliphatic heterocycles. The Balaban J connectivity index is 1.38. The molecule has 0 aromatic heterocycles. The number of carbonyl (C=O) groups is 1. The second kappa shape index (κ2) is 11.7. The quantitative estimate of drug-likeness (QED) is 0.230. The van der Waals surface area contributed by atoms with Crippen molar-refractivity contribution in [3.63, 3.8) is 0 Å². The molecule has 4 aromatic rings. The van der Waals surface area contributed by atoms with E-state index in [0.717, 1.165) is 16.9 Å².